The maximum absolute atomic E-state index is 5.27. The van der Waals surface area contributed by atoms with Crippen LogP contribution < -0.4 is 5.32 Å². The Morgan fingerprint density at radius 3 is 2.74 bits per heavy atom. The van der Waals surface area contributed by atoms with Crippen LogP contribution in [-0.4, -0.2) is 4.98 Å². The van der Waals surface area contributed by atoms with E-state index in [2.05, 4.69) is 52.1 Å². The number of nitrogens with one attached hydrogen (secondary N) is 1. The molecule has 0 aliphatic rings. The van der Waals surface area contributed by atoms with Gasteiger partial charge in [0.2, 0.25) is 0 Å². The van der Waals surface area contributed by atoms with Gasteiger partial charge in [0.1, 0.15) is 5.76 Å². The SMILES string of the molecule is c1ccc(C(NCc2cnco2)c2cccs2)cc1. The molecule has 4 heteroatoms. The predicted octanol–water partition coefficient (Wildman–Crippen LogP) is 3.62. The van der Waals surface area contributed by atoms with Gasteiger partial charge in [-0.2, -0.15) is 0 Å². The third kappa shape index (κ3) is 2.92. The normalized spacial score (nSPS) is 12.4. The van der Waals surface area contributed by atoms with E-state index in [0.717, 1.165) is 5.76 Å². The molecule has 96 valence electrons. The molecule has 0 aliphatic carbocycles. The van der Waals surface area contributed by atoms with E-state index in [4.69, 9.17) is 4.42 Å². The van der Waals surface area contributed by atoms with Crippen LogP contribution in [-0.2, 0) is 6.54 Å². The van der Waals surface area contributed by atoms with E-state index in [1.807, 2.05) is 6.07 Å². The molecule has 0 fully saturated rings. The van der Waals surface area contributed by atoms with Gasteiger partial charge in [-0.15, -0.1) is 11.3 Å². The van der Waals surface area contributed by atoms with E-state index in [1.54, 1.807) is 17.5 Å². The zero-order valence-corrected chi connectivity index (χ0v) is 11.1. The van der Waals surface area contributed by atoms with Gasteiger partial charge < -0.3 is 4.42 Å². The zero-order valence-electron chi connectivity index (χ0n) is 10.3. The lowest BCUT2D eigenvalue weighted by Crippen LogP contribution is -2.20. The Labute approximate surface area is 115 Å². The number of nitrogens with zero attached hydrogens (tertiary/aromatic N) is 1. The van der Waals surface area contributed by atoms with Crippen molar-refractivity contribution in [1.29, 1.82) is 0 Å². The Morgan fingerprint density at radius 2 is 2.05 bits per heavy atom. The van der Waals surface area contributed by atoms with Crippen molar-refractivity contribution < 1.29 is 4.42 Å². The molecular formula is C15H14N2OS. The van der Waals surface area contributed by atoms with Gasteiger partial charge in [0, 0.05) is 4.88 Å². The highest BCUT2D eigenvalue weighted by molar-refractivity contribution is 7.10. The van der Waals surface area contributed by atoms with Gasteiger partial charge in [0.05, 0.1) is 18.8 Å². The quantitative estimate of drug-likeness (QED) is 0.769. The van der Waals surface area contributed by atoms with E-state index in [-0.39, 0.29) is 6.04 Å². The van der Waals surface area contributed by atoms with E-state index in [0.29, 0.717) is 6.54 Å². The van der Waals surface area contributed by atoms with Crippen LogP contribution in [0.5, 0.6) is 0 Å². The standard InChI is InChI=1S/C15H14N2OS/c1-2-5-12(6-3-1)15(14-7-4-8-19-14)17-10-13-9-16-11-18-13/h1-9,11,15,17H,10H2. The first-order valence-electron chi connectivity index (χ1n) is 6.12. The van der Waals surface area contributed by atoms with Gasteiger partial charge in [0.25, 0.3) is 0 Å². The summed E-state index contributed by atoms with van der Waals surface area (Å²) in [6, 6.07) is 14.8. The van der Waals surface area contributed by atoms with Gasteiger partial charge in [-0.05, 0) is 17.0 Å². The third-order valence-corrected chi connectivity index (χ3v) is 3.86. The minimum Gasteiger partial charge on any atom is -0.447 e. The second-order valence-corrected chi connectivity index (χ2v) is 5.19. The Hall–Kier alpha value is -1.91. The highest BCUT2D eigenvalue weighted by atomic mass is 32.1. The lowest BCUT2D eigenvalue weighted by atomic mass is 10.1. The summed E-state index contributed by atoms with van der Waals surface area (Å²) in [5, 5.41) is 5.62. The number of oxazole rings is 1. The van der Waals surface area contributed by atoms with Crippen molar-refractivity contribution in [3.05, 3.63) is 76.6 Å². The molecule has 0 aliphatic heterocycles. The Morgan fingerprint density at radius 1 is 1.16 bits per heavy atom. The Bertz CT molecular complexity index is 590. The molecule has 1 unspecified atom stereocenters. The highest BCUT2D eigenvalue weighted by Gasteiger charge is 2.14. The first-order chi connectivity index (χ1) is 9.43. The fourth-order valence-electron chi connectivity index (χ4n) is 2.02. The van der Waals surface area contributed by atoms with E-state index in [9.17, 15) is 0 Å². The maximum atomic E-state index is 5.27. The molecule has 0 saturated heterocycles. The molecule has 1 aromatic carbocycles. The molecule has 3 nitrogen and oxygen atoms in total. The number of hydrogen-bond donors (Lipinski definition) is 1. The van der Waals surface area contributed by atoms with Gasteiger partial charge >= 0.3 is 0 Å². The lowest BCUT2D eigenvalue weighted by Gasteiger charge is -2.17. The van der Waals surface area contributed by atoms with Crippen LogP contribution in [0.15, 0.2) is 64.9 Å². The summed E-state index contributed by atoms with van der Waals surface area (Å²) in [7, 11) is 0. The summed E-state index contributed by atoms with van der Waals surface area (Å²) in [6.07, 6.45) is 3.20. The molecule has 0 radical (unpaired) electrons. The van der Waals surface area contributed by atoms with Crippen LogP contribution in [0.2, 0.25) is 0 Å². The molecule has 0 spiro atoms. The fraction of sp³-hybridized carbons (Fsp3) is 0.133. The van der Waals surface area contributed by atoms with Gasteiger partial charge in [0.15, 0.2) is 6.39 Å². The van der Waals surface area contributed by atoms with Crippen molar-refractivity contribution in [3.8, 4) is 0 Å². The summed E-state index contributed by atoms with van der Waals surface area (Å²) >= 11 is 1.75. The van der Waals surface area contributed by atoms with E-state index < -0.39 is 0 Å². The van der Waals surface area contributed by atoms with Gasteiger partial charge in [-0.3, -0.25) is 5.32 Å². The second-order valence-electron chi connectivity index (χ2n) is 4.21. The lowest BCUT2D eigenvalue weighted by molar-refractivity contribution is 0.466. The predicted molar refractivity (Wildman–Crippen MR) is 75.9 cm³/mol. The van der Waals surface area contributed by atoms with Crippen LogP contribution in [0.3, 0.4) is 0 Å². The van der Waals surface area contributed by atoms with Gasteiger partial charge in [-0.1, -0.05) is 36.4 Å². The largest absolute Gasteiger partial charge is 0.447 e. The van der Waals surface area contributed by atoms with Crippen molar-refractivity contribution in [2.45, 2.75) is 12.6 Å². The fourth-order valence-corrected chi connectivity index (χ4v) is 2.84. The number of thiophene rings is 1. The first-order valence-corrected chi connectivity index (χ1v) is 7.00. The van der Waals surface area contributed by atoms with Crippen LogP contribution in [0.1, 0.15) is 22.2 Å². The molecule has 0 amide bonds. The number of rotatable bonds is 5. The van der Waals surface area contributed by atoms with Crippen molar-refractivity contribution in [2.24, 2.45) is 0 Å². The number of benzene rings is 1. The molecule has 1 atom stereocenters. The Kier molecular flexibility index (Phi) is 3.72. The van der Waals surface area contributed by atoms with Crippen LogP contribution in [0.4, 0.5) is 0 Å². The summed E-state index contributed by atoms with van der Waals surface area (Å²) in [5.41, 5.74) is 1.25. The summed E-state index contributed by atoms with van der Waals surface area (Å²) in [4.78, 5) is 5.23. The molecule has 0 bridgehead atoms. The summed E-state index contributed by atoms with van der Waals surface area (Å²) < 4.78 is 5.27. The van der Waals surface area contributed by atoms with Crippen LogP contribution >= 0.6 is 11.3 Å². The summed E-state index contributed by atoms with van der Waals surface area (Å²) in [5.74, 6) is 0.845. The molecule has 2 heterocycles. The van der Waals surface area contributed by atoms with Crippen LogP contribution in [0.25, 0.3) is 0 Å². The second kappa shape index (κ2) is 5.82. The molecule has 3 rings (SSSR count). The Balaban J connectivity index is 1.81. The maximum Gasteiger partial charge on any atom is 0.180 e. The van der Waals surface area contributed by atoms with Crippen molar-refractivity contribution in [1.82, 2.24) is 10.3 Å². The smallest absolute Gasteiger partial charge is 0.180 e. The van der Waals surface area contributed by atoms with Crippen molar-refractivity contribution in [3.63, 3.8) is 0 Å². The third-order valence-electron chi connectivity index (χ3n) is 2.92. The van der Waals surface area contributed by atoms with Crippen molar-refractivity contribution in [2.75, 3.05) is 0 Å². The van der Waals surface area contributed by atoms with Gasteiger partial charge in [-0.25, -0.2) is 4.98 Å². The zero-order chi connectivity index (χ0) is 12.9. The molecule has 1 N–H and O–H groups in total. The minimum absolute atomic E-state index is 0.186. The van der Waals surface area contributed by atoms with E-state index >= 15 is 0 Å². The average molecular weight is 270 g/mol. The molecule has 0 saturated carbocycles. The topological polar surface area (TPSA) is 38.1 Å². The molecule has 3 aromatic rings. The highest BCUT2D eigenvalue weighted by Crippen LogP contribution is 2.26. The van der Waals surface area contributed by atoms with E-state index in [1.165, 1.54) is 16.8 Å². The van der Waals surface area contributed by atoms with Crippen molar-refractivity contribution >= 4 is 11.3 Å². The molecule has 2 aromatic heterocycles. The van der Waals surface area contributed by atoms with Crippen LogP contribution in [0, 0.1) is 0 Å². The first kappa shape index (κ1) is 12.1. The molecule has 19 heavy (non-hydrogen) atoms. The average Bonchev–Trinajstić information content (AvgIpc) is 3.13. The summed E-state index contributed by atoms with van der Waals surface area (Å²) in [6.45, 7) is 0.664. The monoisotopic (exact) mass is 270 g/mol. The molecular weight excluding hydrogens is 256 g/mol. The number of hydrogen-bond acceptors (Lipinski definition) is 4. The number of aromatic nitrogens is 1. The minimum atomic E-state index is 0.186.